The van der Waals surface area contributed by atoms with Gasteiger partial charge < -0.3 is 5.73 Å². The Labute approximate surface area is 128 Å². The molecule has 0 fully saturated rings. The minimum absolute atomic E-state index is 0.112. The minimum atomic E-state index is -4.31. The normalized spacial score (nSPS) is 13.0. The lowest BCUT2D eigenvalue weighted by molar-refractivity contribution is -0.137. The van der Waals surface area contributed by atoms with Crippen molar-refractivity contribution in [3.63, 3.8) is 0 Å². The summed E-state index contributed by atoms with van der Waals surface area (Å²) in [4.78, 5) is 0. The number of rotatable bonds is 4. The maximum atomic E-state index is 12.5. The van der Waals surface area contributed by atoms with Crippen LogP contribution in [0.1, 0.15) is 30.5 Å². The predicted octanol–water partition coefficient (Wildman–Crippen LogP) is 5.34. The van der Waals surface area contributed by atoms with E-state index in [0.29, 0.717) is 6.42 Å². The molecule has 0 saturated carbocycles. The van der Waals surface area contributed by atoms with Gasteiger partial charge in [-0.15, -0.1) is 6.58 Å². The Morgan fingerprint density at radius 3 is 1.86 bits per heavy atom. The summed E-state index contributed by atoms with van der Waals surface area (Å²) in [6, 6.07) is 12.6. The van der Waals surface area contributed by atoms with Crippen molar-refractivity contribution < 1.29 is 13.2 Å². The van der Waals surface area contributed by atoms with Crippen molar-refractivity contribution in [3.05, 3.63) is 71.8 Å². The van der Waals surface area contributed by atoms with Gasteiger partial charge in [0.05, 0.1) is 5.56 Å². The Hall–Kier alpha value is -2.07. The van der Waals surface area contributed by atoms with Crippen LogP contribution in [0.5, 0.6) is 0 Å². The molecule has 1 atom stereocenters. The molecule has 0 spiro atoms. The van der Waals surface area contributed by atoms with Crippen LogP contribution in [0.15, 0.2) is 60.7 Å². The summed E-state index contributed by atoms with van der Waals surface area (Å²) in [5.41, 5.74) is 9.03. The first-order chi connectivity index (χ1) is 10.3. The van der Waals surface area contributed by atoms with E-state index < -0.39 is 11.7 Å². The van der Waals surface area contributed by atoms with E-state index in [0.717, 1.165) is 34.4 Å². The van der Waals surface area contributed by atoms with E-state index in [9.17, 15) is 13.2 Å². The van der Waals surface area contributed by atoms with Crippen molar-refractivity contribution in [3.8, 4) is 11.1 Å². The first-order valence-electron chi connectivity index (χ1n) is 6.95. The van der Waals surface area contributed by atoms with Gasteiger partial charge in [-0.3, -0.25) is 0 Å². The van der Waals surface area contributed by atoms with Crippen LogP contribution < -0.4 is 5.73 Å². The fourth-order valence-corrected chi connectivity index (χ4v) is 2.27. The quantitative estimate of drug-likeness (QED) is 0.758. The van der Waals surface area contributed by atoms with Gasteiger partial charge in [0.15, 0.2) is 0 Å². The molecule has 0 aromatic heterocycles. The molecule has 0 bridgehead atoms. The molecule has 0 aliphatic heterocycles. The molecule has 2 aromatic rings. The smallest absolute Gasteiger partial charge is 0.324 e. The van der Waals surface area contributed by atoms with E-state index in [2.05, 4.69) is 6.58 Å². The Morgan fingerprint density at radius 1 is 1.00 bits per heavy atom. The molecule has 0 aliphatic carbocycles. The molecule has 2 N–H and O–H groups in total. The van der Waals surface area contributed by atoms with Crippen LogP contribution in [0.4, 0.5) is 13.2 Å². The highest BCUT2D eigenvalue weighted by atomic mass is 19.4. The molecule has 0 amide bonds. The molecular formula is C18H18F3N. The second kappa shape index (κ2) is 6.36. The maximum Gasteiger partial charge on any atom is 0.416 e. The van der Waals surface area contributed by atoms with Gasteiger partial charge in [0, 0.05) is 6.04 Å². The van der Waals surface area contributed by atoms with Crippen LogP contribution in [-0.2, 0) is 6.18 Å². The first-order valence-corrected chi connectivity index (χ1v) is 6.95. The maximum absolute atomic E-state index is 12.5. The van der Waals surface area contributed by atoms with Crippen molar-refractivity contribution in [1.29, 1.82) is 0 Å². The Kier molecular flexibility index (Phi) is 4.71. The zero-order chi connectivity index (χ0) is 16.3. The lowest BCUT2D eigenvalue weighted by atomic mass is 9.97. The molecule has 0 aliphatic rings. The van der Waals surface area contributed by atoms with Gasteiger partial charge in [0.2, 0.25) is 0 Å². The molecule has 0 heterocycles. The van der Waals surface area contributed by atoms with Crippen molar-refractivity contribution in [1.82, 2.24) is 0 Å². The molecular weight excluding hydrogens is 287 g/mol. The van der Waals surface area contributed by atoms with Crippen molar-refractivity contribution in [2.24, 2.45) is 5.73 Å². The average molecular weight is 305 g/mol. The second-order valence-corrected chi connectivity index (χ2v) is 5.46. The highest BCUT2D eigenvalue weighted by Gasteiger charge is 2.29. The molecule has 0 unspecified atom stereocenters. The SMILES string of the molecule is C=C(C)C[C@@H](N)c1ccc(-c2ccc(C(F)(F)F)cc2)cc1. The van der Waals surface area contributed by atoms with Gasteiger partial charge in [0.25, 0.3) is 0 Å². The number of alkyl halides is 3. The van der Waals surface area contributed by atoms with E-state index in [1.54, 1.807) is 0 Å². The second-order valence-electron chi connectivity index (χ2n) is 5.46. The number of hydrogen-bond acceptors (Lipinski definition) is 1. The van der Waals surface area contributed by atoms with Gasteiger partial charge >= 0.3 is 6.18 Å². The average Bonchev–Trinajstić information content (AvgIpc) is 2.46. The minimum Gasteiger partial charge on any atom is -0.324 e. The molecule has 0 saturated heterocycles. The van der Waals surface area contributed by atoms with Crippen LogP contribution in [0.2, 0.25) is 0 Å². The highest BCUT2D eigenvalue weighted by molar-refractivity contribution is 5.64. The lowest BCUT2D eigenvalue weighted by Crippen LogP contribution is -2.10. The highest BCUT2D eigenvalue weighted by Crippen LogP contribution is 2.31. The predicted molar refractivity (Wildman–Crippen MR) is 83.2 cm³/mol. The van der Waals surface area contributed by atoms with Crippen molar-refractivity contribution in [2.45, 2.75) is 25.6 Å². The van der Waals surface area contributed by atoms with E-state index in [-0.39, 0.29) is 6.04 Å². The fourth-order valence-electron chi connectivity index (χ4n) is 2.27. The van der Waals surface area contributed by atoms with Crippen molar-refractivity contribution >= 4 is 0 Å². The third kappa shape index (κ3) is 3.98. The van der Waals surface area contributed by atoms with Gasteiger partial charge in [0.1, 0.15) is 0 Å². The molecule has 2 aromatic carbocycles. The summed E-state index contributed by atoms with van der Waals surface area (Å²) in [5.74, 6) is 0. The van der Waals surface area contributed by atoms with Crippen LogP contribution in [0, 0.1) is 0 Å². The van der Waals surface area contributed by atoms with Gasteiger partial charge in [-0.25, -0.2) is 0 Å². The van der Waals surface area contributed by atoms with E-state index >= 15 is 0 Å². The summed E-state index contributed by atoms with van der Waals surface area (Å²) >= 11 is 0. The lowest BCUT2D eigenvalue weighted by Gasteiger charge is -2.13. The third-order valence-corrected chi connectivity index (χ3v) is 3.45. The summed E-state index contributed by atoms with van der Waals surface area (Å²) in [6.45, 7) is 5.77. The van der Waals surface area contributed by atoms with Gasteiger partial charge in [-0.05, 0) is 42.2 Å². The van der Waals surface area contributed by atoms with Gasteiger partial charge in [-0.2, -0.15) is 13.2 Å². The zero-order valence-corrected chi connectivity index (χ0v) is 12.3. The van der Waals surface area contributed by atoms with Crippen LogP contribution >= 0.6 is 0 Å². The number of hydrogen-bond donors (Lipinski definition) is 1. The topological polar surface area (TPSA) is 26.0 Å². The van der Waals surface area contributed by atoms with Crippen LogP contribution in [-0.4, -0.2) is 0 Å². The number of nitrogens with two attached hydrogens (primary N) is 1. The monoisotopic (exact) mass is 305 g/mol. The molecule has 22 heavy (non-hydrogen) atoms. The summed E-state index contributed by atoms with van der Waals surface area (Å²) < 4.78 is 37.6. The van der Waals surface area contributed by atoms with Crippen molar-refractivity contribution in [2.75, 3.05) is 0 Å². The van der Waals surface area contributed by atoms with Crippen LogP contribution in [0.3, 0.4) is 0 Å². The zero-order valence-electron chi connectivity index (χ0n) is 12.3. The molecule has 0 radical (unpaired) electrons. The number of benzene rings is 2. The van der Waals surface area contributed by atoms with E-state index in [1.807, 2.05) is 31.2 Å². The first kappa shape index (κ1) is 16.3. The Morgan fingerprint density at radius 2 is 1.45 bits per heavy atom. The van der Waals surface area contributed by atoms with Gasteiger partial charge in [-0.1, -0.05) is 42.0 Å². The number of halogens is 3. The fraction of sp³-hybridized carbons (Fsp3) is 0.222. The van der Waals surface area contributed by atoms with Crippen LogP contribution in [0.25, 0.3) is 11.1 Å². The molecule has 1 nitrogen and oxygen atoms in total. The summed E-state index contributed by atoms with van der Waals surface area (Å²) in [7, 11) is 0. The molecule has 116 valence electrons. The Bertz CT molecular complexity index is 640. The Balaban J connectivity index is 2.18. The van der Waals surface area contributed by atoms with E-state index in [4.69, 9.17) is 5.73 Å². The summed E-state index contributed by atoms with van der Waals surface area (Å²) in [6.07, 6.45) is -3.60. The van der Waals surface area contributed by atoms with E-state index in [1.165, 1.54) is 12.1 Å². The largest absolute Gasteiger partial charge is 0.416 e. The molecule has 2 rings (SSSR count). The standard InChI is InChI=1S/C18H18F3N/c1-12(2)11-17(22)15-5-3-13(4-6-15)14-7-9-16(10-8-14)18(19,20)21/h3-10,17H,1,11,22H2,2H3/t17-/m1/s1. The summed E-state index contributed by atoms with van der Waals surface area (Å²) in [5, 5.41) is 0. The third-order valence-electron chi connectivity index (χ3n) is 3.45. The molecule has 4 heteroatoms.